The first-order valence-electron chi connectivity index (χ1n) is 5.29. The van der Waals surface area contributed by atoms with Crippen molar-refractivity contribution in [1.82, 2.24) is 9.36 Å². The van der Waals surface area contributed by atoms with E-state index in [1.54, 1.807) is 6.20 Å². The van der Waals surface area contributed by atoms with Crippen molar-refractivity contribution >= 4 is 21.6 Å². The highest BCUT2D eigenvalue weighted by Gasteiger charge is 2.09. The summed E-state index contributed by atoms with van der Waals surface area (Å²) >= 11 is 1.36. The molecule has 0 fully saturated rings. The Labute approximate surface area is 102 Å². The van der Waals surface area contributed by atoms with Crippen LogP contribution in [-0.4, -0.2) is 9.36 Å². The predicted octanol–water partition coefficient (Wildman–Crippen LogP) is 2.96. The van der Waals surface area contributed by atoms with Crippen LogP contribution in [-0.2, 0) is 0 Å². The second-order valence-corrected chi connectivity index (χ2v) is 4.78. The number of rotatable bonds is 1. The number of hydrogen-bond donors (Lipinski definition) is 1. The lowest BCUT2D eigenvalue weighted by Crippen LogP contribution is -1.99. The average molecular weight is 242 g/mol. The van der Waals surface area contributed by atoms with Gasteiger partial charge in [0.2, 0.25) is 0 Å². The maximum absolute atomic E-state index is 11.8. The van der Waals surface area contributed by atoms with Crippen LogP contribution in [0.5, 0.6) is 0 Å². The van der Waals surface area contributed by atoms with Crippen molar-refractivity contribution < 1.29 is 0 Å². The molecule has 2 aromatic heterocycles. The highest BCUT2D eigenvalue weighted by Crippen LogP contribution is 2.26. The number of fused-ring (bicyclic) bond motifs is 1. The molecule has 1 N–H and O–H groups in total. The van der Waals surface area contributed by atoms with Crippen LogP contribution in [0.2, 0.25) is 0 Å². The van der Waals surface area contributed by atoms with Crippen molar-refractivity contribution in [2.45, 2.75) is 6.92 Å². The van der Waals surface area contributed by atoms with E-state index >= 15 is 0 Å². The van der Waals surface area contributed by atoms with Crippen LogP contribution in [0, 0.1) is 6.92 Å². The van der Waals surface area contributed by atoms with E-state index in [0.717, 1.165) is 26.9 Å². The van der Waals surface area contributed by atoms with Crippen LogP contribution in [0.15, 0.2) is 41.3 Å². The minimum atomic E-state index is -0.0380. The maximum Gasteiger partial charge on any atom is 0.266 e. The molecule has 17 heavy (non-hydrogen) atoms. The number of H-pyrrole nitrogens is 1. The number of pyridine rings is 1. The van der Waals surface area contributed by atoms with E-state index in [0.29, 0.717) is 0 Å². The Bertz CT molecular complexity index is 742. The molecule has 0 aliphatic rings. The van der Waals surface area contributed by atoms with Gasteiger partial charge in [0.05, 0.1) is 15.8 Å². The molecule has 1 aromatic carbocycles. The Morgan fingerprint density at radius 1 is 1.29 bits per heavy atom. The normalized spacial score (nSPS) is 10.9. The topological polar surface area (TPSA) is 45.8 Å². The van der Waals surface area contributed by atoms with Gasteiger partial charge in [-0.15, -0.1) is 0 Å². The van der Waals surface area contributed by atoms with Gasteiger partial charge in [-0.25, -0.2) is 0 Å². The Morgan fingerprint density at radius 3 is 3.00 bits per heavy atom. The molecule has 0 saturated carbocycles. The lowest BCUT2D eigenvalue weighted by atomic mass is 10.1. The summed E-state index contributed by atoms with van der Waals surface area (Å²) in [6.07, 6.45) is 1.77. The van der Waals surface area contributed by atoms with Crippen LogP contribution in [0.3, 0.4) is 0 Å². The Hall–Kier alpha value is -1.94. The molecule has 0 saturated heterocycles. The fourth-order valence-corrected chi connectivity index (χ4v) is 2.66. The van der Waals surface area contributed by atoms with Gasteiger partial charge in [-0.1, -0.05) is 23.7 Å². The molecule has 0 spiro atoms. The van der Waals surface area contributed by atoms with Crippen LogP contribution >= 0.6 is 11.5 Å². The fourth-order valence-electron chi connectivity index (χ4n) is 1.90. The molecular weight excluding hydrogens is 232 g/mol. The zero-order valence-electron chi connectivity index (χ0n) is 9.23. The third-order valence-electron chi connectivity index (χ3n) is 2.70. The molecule has 4 heteroatoms. The summed E-state index contributed by atoms with van der Waals surface area (Å²) in [4.78, 5) is 16.1. The summed E-state index contributed by atoms with van der Waals surface area (Å²) < 4.78 is 3.73. The number of aromatic amines is 1. The Balaban J connectivity index is 2.37. The monoisotopic (exact) mass is 242 g/mol. The molecule has 0 unspecified atom stereocenters. The average Bonchev–Trinajstić information content (AvgIpc) is 2.71. The van der Waals surface area contributed by atoms with Crippen LogP contribution in [0.25, 0.3) is 21.3 Å². The molecular formula is C13H10N2OS. The lowest BCUT2D eigenvalue weighted by molar-refractivity contribution is 1.29. The highest BCUT2D eigenvalue weighted by atomic mass is 32.1. The predicted molar refractivity (Wildman–Crippen MR) is 70.4 cm³/mol. The van der Waals surface area contributed by atoms with Crippen molar-refractivity contribution in [2.75, 3.05) is 0 Å². The van der Waals surface area contributed by atoms with Crippen LogP contribution in [0.4, 0.5) is 0 Å². The molecule has 0 aliphatic heterocycles. The first-order chi connectivity index (χ1) is 8.25. The largest absolute Gasteiger partial charge is 0.277 e. The van der Waals surface area contributed by atoms with Crippen LogP contribution in [0.1, 0.15) is 5.56 Å². The van der Waals surface area contributed by atoms with E-state index in [9.17, 15) is 4.79 Å². The van der Waals surface area contributed by atoms with Gasteiger partial charge < -0.3 is 0 Å². The number of nitrogens with zero attached hydrogens (tertiary/aromatic N) is 1. The number of hydrogen-bond acceptors (Lipinski definition) is 3. The van der Waals surface area contributed by atoms with E-state index in [-0.39, 0.29) is 5.56 Å². The smallest absolute Gasteiger partial charge is 0.266 e. The zero-order chi connectivity index (χ0) is 11.8. The molecule has 0 aliphatic carbocycles. The molecule has 0 atom stereocenters. The first-order valence-corrected chi connectivity index (χ1v) is 6.10. The third kappa shape index (κ3) is 1.66. The van der Waals surface area contributed by atoms with Crippen molar-refractivity contribution in [2.24, 2.45) is 0 Å². The molecule has 2 heterocycles. The first kappa shape index (κ1) is 10.2. The Kier molecular flexibility index (Phi) is 2.30. The van der Waals surface area contributed by atoms with E-state index in [4.69, 9.17) is 0 Å². The third-order valence-corrected chi connectivity index (χ3v) is 3.55. The number of nitrogens with one attached hydrogen (secondary N) is 1. The van der Waals surface area contributed by atoms with Crippen molar-refractivity contribution in [1.29, 1.82) is 0 Å². The fraction of sp³-hybridized carbons (Fsp3) is 0.0769. The summed E-state index contributed by atoms with van der Waals surface area (Å²) in [6, 6.07) is 9.77. The van der Waals surface area contributed by atoms with Gasteiger partial charge in [0.15, 0.2) is 0 Å². The number of benzene rings is 1. The van der Waals surface area contributed by atoms with Gasteiger partial charge in [-0.3, -0.25) is 14.2 Å². The molecule has 0 bridgehead atoms. The van der Waals surface area contributed by atoms with Gasteiger partial charge in [-0.05, 0) is 30.7 Å². The summed E-state index contributed by atoms with van der Waals surface area (Å²) in [7, 11) is 0. The highest BCUT2D eigenvalue weighted by molar-refractivity contribution is 7.13. The zero-order valence-corrected chi connectivity index (χ0v) is 10.0. The minimum absolute atomic E-state index is 0.0380. The minimum Gasteiger partial charge on any atom is -0.277 e. The number of aryl methyl sites for hydroxylation is 1. The van der Waals surface area contributed by atoms with Gasteiger partial charge >= 0.3 is 0 Å². The molecule has 3 nitrogen and oxygen atoms in total. The Morgan fingerprint density at radius 2 is 2.18 bits per heavy atom. The summed E-state index contributed by atoms with van der Waals surface area (Å²) in [6.45, 7) is 2.02. The van der Waals surface area contributed by atoms with E-state index in [2.05, 4.69) is 9.36 Å². The summed E-state index contributed by atoms with van der Waals surface area (Å²) in [5.74, 6) is 0. The second kappa shape index (κ2) is 3.82. The summed E-state index contributed by atoms with van der Waals surface area (Å²) in [5.41, 5.74) is 2.84. The molecule has 3 aromatic rings. The maximum atomic E-state index is 11.8. The lowest BCUT2D eigenvalue weighted by Gasteiger charge is -2.02. The molecule has 0 radical (unpaired) electrons. The van der Waals surface area contributed by atoms with Crippen molar-refractivity contribution in [3.8, 4) is 11.3 Å². The quantitative estimate of drug-likeness (QED) is 0.713. The van der Waals surface area contributed by atoms with E-state index < -0.39 is 0 Å². The van der Waals surface area contributed by atoms with Gasteiger partial charge in [0.25, 0.3) is 5.56 Å². The number of aromatic nitrogens is 2. The molecule has 0 amide bonds. The van der Waals surface area contributed by atoms with Gasteiger partial charge in [-0.2, -0.15) is 0 Å². The van der Waals surface area contributed by atoms with E-state index in [1.807, 2.05) is 37.3 Å². The van der Waals surface area contributed by atoms with Crippen LogP contribution < -0.4 is 5.56 Å². The van der Waals surface area contributed by atoms with Crippen molar-refractivity contribution in [3.63, 3.8) is 0 Å². The van der Waals surface area contributed by atoms with Gasteiger partial charge in [0, 0.05) is 11.8 Å². The van der Waals surface area contributed by atoms with Crippen molar-refractivity contribution in [3.05, 3.63) is 52.4 Å². The van der Waals surface area contributed by atoms with Gasteiger partial charge in [0.1, 0.15) is 0 Å². The second-order valence-electron chi connectivity index (χ2n) is 3.93. The summed E-state index contributed by atoms with van der Waals surface area (Å²) in [5, 5.41) is 0.732. The van der Waals surface area contributed by atoms with E-state index in [1.165, 1.54) is 11.5 Å². The SMILES string of the molecule is Cc1ccnc(-c2cccc3s[nH]c(=O)c23)c1. The molecule has 84 valence electrons. The standard InChI is InChI=1S/C13H10N2OS/c1-8-5-6-14-10(7-8)9-3-2-4-11-12(9)13(16)15-17-11/h2-7H,1H3,(H,15,16). The molecule has 3 rings (SSSR count).